The minimum Gasteiger partial charge on any atom is -0.465 e. The topological polar surface area (TPSA) is 26.3 Å². The number of hydrogen-bond donors (Lipinski definition) is 0. The van der Waals surface area contributed by atoms with Gasteiger partial charge in [-0.2, -0.15) is 0 Å². The van der Waals surface area contributed by atoms with Gasteiger partial charge < -0.3 is 4.74 Å². The molecular weight excluding hydrogens is 296 g/mol. The van der Waals surface area contributed by atoms with Crippen LogP contribution in [-0.4, -0.2) is 13.1 Å². The molecule has 0 bridgehead atoms. The van der Waals surface area contributed by atoms with Crippen LogP contribution in [0.3, 0.4) is 0 Å². The molecule has 0 radical (unpaired) electrons. The summed E-state index contributed by atoms with van der Waals surface area (Å²) in [6, 6.07) is 0. The van der Waals surface area contributed by atoms with Crippen LogP contribution < -0.4 is 0 Å². The molecule has 0 aliphatic rings. The van der Waals surface area contributed by atoms with Crippen LogP contribution in [0.15, 0.2) is 23.8 Å². The van der Waals surface area contributed by atoms with E-state index in [1.807, 2.05) is 25.2 Å². The van der Waals surface area contributed by atoms with Gasteiger partial charge in [0.1, 0.15) is 0 Å². The predicted octanol–water partition coefficient (Wildman–Crippen LogP) is 7.14. The Morgan fingerprint density at radius 1 is 0.792 bits per heavy atom. The first-order valence-corrected chi connectivity index (χ1v) is 10.2. The SMILES string of the molecule is C/C=C/C(=C/CCCCCCCCCCCCCCC)C(=O)OC. The van der Waals surface area contributed by atoms with Gasteiger partial charge in [0, 0.05) is 0 Å². The van der Waals surface area contributed by atoms with Gasteiger partial charge >= 0.3 is 5.97 Å². The van der Waals surface area contributed by atoms with E-state index in [0.717, 1.165) is 12.8 Å². The number of rotatable bonds is 16. The molecular formula is C22H40O2. The number of hydrogen-bond acceptors (Lipinski definition) is 2. The summed E-state index contributed by atoms with van der Waals surface area (Å²) in [6.07, 6.45) is 24.5. The van der Waals surface area contributed by atoms with E-state index in [0.29, 0.717) is 5.57 Å². The summed E-state index contributed by atoms with van der Waals surface area (Å²) < 4.78 is 4.78. The largest absolute Gasteiger partial charge is 0.465 e. The van der Waals surface area contributed by atoms with Crippen LogP contribution in [0.5, 0.6) is 0 Å². The summed E-state index contributed by atoms with van der Waals surface area (Å²) in [5, 5.41) is 0. The van der Waals surface area contributed by atoms with Crippen LogP contribution in [0.4, 0.5) is 0 Å². The zero-order valence-electron chi connectivity index (χ0n) is 16.4. The molecule has 0 aromatic heterocycles. The van der Waals surface area contributed by atoms with Crippen molar-refractivity contribution in [1.82, 2.24) is 0 Å². The van der Waals surface area contributed by atoms with E-state index in [9.17, 15) is 4.79 Å². The Bertz CT molecular complexity index is 342. The smallest absolute Gasteiger partial charge is 0.337 e. The van der Waals surface area contributed by atoms with Gasteiger partial charge in [0.2, 0.25) is 0 Å². The van der Waals surface area contributed by atoms with Gasteiger partial charge in [0.25, 0.3) is 0 Å². The third-order valence-electron chi connectivity index (χ3n) is 4.44. The highest BCUT2D eigenvalue weighted by atomic mass is 16.5. The second-order valence-electron chi connectivity index (χ2n) is 6.68. The number of esters is 1. The van der Waals surface area contributed by atoms with Crippen molar-refractivity contribution in [3.05, 3.63) is 23.8 Å². The van der Waals surface area contributed by atoms with Gasteiger partial charge in [0.15, 0.2) is 0 Å². The molecule has 0 spiro atoms. The van der Waals surface area contributed by atoms with Crippen molar-refractivity contribution >= 4 is 5.97 Å². The number of carbonyl (C=O) groups excluding carboxylic acids is 1. The standard InChI is InChI=1S/C22H40O2/c1-4-6-7-8-9-10-11-12-13-14-15-16-17-18-20-21(19-5-2)22(23)24-3/h5,19-20H,4,6-18H2,1-3H3/b19-5+,21-20-. The van der Waals surface area contributed by atoms with Gasteiger partial charge in [-0.3, -0.25) is 0 Å². The second-order valence-corrected chi connectivity index (χ2v) is 6.68. The molecule has 0 aliphatic carbocycles. The third-order valence-corrected chi connectivity index (χ3v) is 4.44. The molecule has 0 aromatic rings. The number of ether oxygens (including phenoxy) is 1. The van der Waals surface area contributed by atoms with Crippen LogP contribution >= 0.6 is 0 Å². The molecule has 0 fully saturated rings. The Hall–Kier alpha value is -1.05. The molecule has 0 aliphatic heterocycles. The highest BCUT2D eigenvalue weighted by Crippen LogP contribution is 2.13. The summed E-state index contributed by atoms with van der Waals surface area (Å²) >= 11 is 0. The van der Waals surface area contributed by atoms with E-state index in [4.69, 9.17) is 4.74 Å². The molecule has 0 heterocycles. The highest BCUT2D eigenvalue weighted by Gasteiger charge is 2.04. The maximum Gasteiger partial charge on any atom is 0.337 e. The quantitative estimate of drug-likeness (QED) is 0.129. The molecule has 0 rings (SSSR count). The van der Waals surface area contributed by atoms with Crippen LogP contribution in [0.25, 0.3) is 0 Å². The van der Waals surface area contributed by atoms with Crippen LogP contribution in [0.1, 0.15) is 104 Å². The fourth-order valence-corrected chi connectivity index (χ4v) is 2.94. The molecule has 0 unspecified atom stereocenters. The van der Waals surface area contributed by atoms with Gasteiger partial charge in [-0.15, -0.1) is 0 Å². The minimum absolute atomic E-state index is 0.234. The van der Waals surface area contributed by atoms with Gasteiger partial charge in [0.05, 0.1) is 12.7 Å². The molecule has 0 atom stereocenters. The van der Waals surface area contributed by atoms with E-state index < -0.39 is 0 Å². The first kappa shape index (κ1) is 22.9. The fraction of sp³-hybridized carbons (Fsp3) is 0.773. The summed E-state index contributed by atoms with van der Waals surface area (Å²) in [6.45, 7) is 4.19. The molecule has 24 heavy (non-hydrogen) atoms. The molecule has 2 nitrogen and oxygen atoms in total. The maximum absolute atomic E-state index is 11.5. The lowest BCUT2D eigenvalue weighted by Crippen LogP contribution is -2.02. The lowest BCUT2D eigenvalue weighted by atomic mass is 10.0. The van der Waals surface area contributed by atoms with Gasteiger partial charge in [-0.1, -0.05) is 102 Å². The monoisotopic (exact) mass is 336 g/mol. The van der Waals surface area contributed by atoms with Crippen molar-refractivity contribution in [2.24, 2.45) is 0 Å². The molecule has 0 saturated carbocycles. The van der Waals surface area contributed by atoms with Crippen molar-refractivity contribution < 1.29 is 9.53 Å². The van der Waals surface area contributed by atoms with Crippen molar-refractivity contribution in [3.63, 3.8) is 0 Å². The average molecular weight is 337 g/mol. The zero-order valence-corrected chi connectivity index (χ0v) is 16.4. The Morgan fingerprint density at radius 3 is 1.67 bits per heavy atom. The lowest BCUT2D eigenvalue weighted by molar-refractivity contribution is -0.135. The zero-order chi connectivity index (χ0) is 17.9. The number of unbranched alkanes of at least 4 members (excludes halogenated alkanes) is 13. The highest BCUT2D eigenvalue weighted by molar-refractivity contribution is 5.91. The number of carbonyl (C=O) groups is 1. The van der Waals surface area contributed by atoms with E-state index in [2.05, 4.69) is 6.92 Å². The van der Waals surface area contributed by atoms with E-state index in [1.165, 1.54) is 84.2 Å². The maximum atomic E-state index is 11.5. The van der Waals surface area contributed by atoms with Crippen LogP contribution in [-0.2, 0) is 9.53 Å². The summed E-state index contributed by atoms with van der Waals surface area (Å²) in [5.74, 6) is -0.234. The Morgan fingerprint density at radius 2 is 1.25 bits per heavy atom. The molecule has 0 amide bonds. The van der Waals surface area contributed by atoms with Crippen molar-refractivity contribution in [2.75, 3.05) is 7.11 Å². The van der Waals surface area contributed by atoms with Gasteiger partial charge in [-0.05, 0) is 19.8 Å². The molecule has 2 heteroatoms. The lowest BCUT2D eigenvalue weighted by Gasteiger charge is -2.03. The second kappa shape index (κ2) is 18.3. The van der Waals surface area contributed by atoms with Crippen molar-refractivity contribution in [1.29, 1.82) is 0 Å². The van der Waals surface area contributed by atoms with Crippen LogP contribution in [0, 0.1) is 0 Å². The van der Waals surface area contributed by atoms with Gasteiger partial charge in [-0.25, -0.2) is 4.79 Å². The Kier molecular flexibility index (Phi) is 17.5. The first-order chi connectivity index (χ1) is 11.8. The molecule has 0 N–H and O–H groups in total. The Labute approximate surface area is 150 Å². The van der Waals surface area contributed by atoms with E-state index >= 15 is 0 Å². The number of methoxy groups -OCH3 is 1. The van der Waals surface area contributed by atoms with Crippen molar-refractivity contribution in [3.8, 4) is 0 Å². The average Bonchev–Trinajstić information content (AvgIpc) is 2.60. The molecule has 140 valence electrons. The molecule has 0 aromatic carbocycles. The predicted molar refractivity (Wildman–Crippen MR) is 105 cm³/mol. The van der Waals surface area contributed by atoms with Crippen LogP contribution in [0.2, 0.25) is 0 Å². The van der Waals surface area contributed by atoms with Crippen molar-refractivity contribution in [2.45, 2.75) is 104 Å². The summed E-state index contributed by atoms with van der Waals surface area (Å²) in [7, 11) is 1.44. The third kappa shape index (κ3) is 14.5. The summed E-state index contributed by atoms with van der Waals surface area (Å²) in [4.78, 5) is 11.5. The van der Waals surface area contributed by atoms with E-state index in [1.54, 1.807) is 0 Å². The van der Waals surface area contributed by atoms with E-state index in [-0.39, 0.29) is 5.97 Å². The fourth-order valence-electron chi connectivity index (χ4n) is 2.94. The number of allylic oxidation sites excluding steroid dienone is 2. The first-order valence-electron chi connectivity index (χ1n) is 10.2. The molecule has 0 saturated heterocycles. The summed E-state index contributed by atoms with van der Waals surface area (Å²) in [5.41, 5.74) is 0.680. The normalized spacial score (nSPS) is 12.0. The minimum atomic E-state index is -0.234. The Balaban J connectivity index is 3.43.